The average molecular weight is 292 g/mol. The Morgan fingerprint density at radius 3 is 2.76 bits per heavy atom. The lowest BCUT2D eigenvalue weighted by Gasteiger charge is -2.51. The Hall–Kier alpha value is -1.75. The molecule has 3 N–H and O–H groups in total. The number of hydrogen-bond acceptors (Lipinski definition) is 4. The molecule has 0 saturated heterocycles. The lowest BCUT2D eigenvalue weighted by molar-refractivity contribution is -0.0942. The van der Waals surface area contributed by atoms with Gasteiger partial charge < -0.3 is 20.5 Å². The molecule has 1 amide bonds. The molecule has 5 heteroatoms. The molecule has 1 fully saturated rings. The zero-order valence-corrected chi connectivity index (χ0v) is 13.1. The van der Waals surface area contributed by atoms with E-state index in [2.05, 4.69) is 19.2 Å². The van der Waals surface area contributed by atoms with Crippen LogP contribution in [0.3, 0.4) is 0 Å². The maximum absolute atomic E-state index is 12.5. The summed E-state index contributed by atoms with van der Waals surface area (Å²) in [5.74, 6) is 0.302. The van der Waals surface area contributed by atoms with Crippen LogP contribution in [0.25, 0.3) is 0 Å². The van der Waals surface area contributed by atoms with Crippen LogP contribution in [-0.4, -0.2) is 31.8 Å². The number of carbonyl (C=O) groups excluding carboxylic acids is 1. The molecule has 0 aliphatic heterocycles. The molecule has 0 aromatic heterocycles. The minimum Gasteiger partial charge on any atom is -0.491 e. The smallest absolute Gasteiger partial charge is 0.255 e. The lowest BCUT2D eigenvalue weighted by atomic mass is 9.64. The molecule has 5 nitrogen and oxygen atoms in total. The molecule has 2 unspecified atom stereocenters. The van der Waals surface area contributed by atoms with Gasteiger partial charge >= 0.3 is 0 Å². The fourth-order valence-corrected chi connectivity index (χ4v) is 2.81. The molecule has 1 saturated carbocycles. The van der Waals surface area contributed by atoms with Gasteiger partial charge in [-0.1, -0.05) is 19.9 Å². The van der Waals surface area contributed by atoms with Crippen LogP contribution in [0.15, 0.2) is 18.2 Å². The zero-order valence-electron chi connectivity index (χ0n) is 13.1. The van der Waals surface area contributed by atoms with Crippen LogP contribution in [0.2, 0.25) is 0 Å². The number of amides is 1. The fourth-order valence-electron chi connectivity index (χ4n) is 2.81. The standard InChI is InChI=1S/C16H24N2O3/c1-5-21-14-10(7-6-8-11(14)17)15(19)18-12-9-13(20-4)16(12,2)3/h6-8,12-13H,5,9,17H2,1-4H3,(H,18,19). The third-order valence-electron chi connectivity index (χ3n) is 4.35. The molecule has 0 spiro atoms. The Morgan fingerprint density at radius 2 is 2.19 bits per heavy atom. The Bertz CT molecular complexity index is 528. The number of hydrogen-bond donors (Lipinski definition) is 2. The van der Waals surface area contributed by atoms with Crippen molar-refractivity contribution < 1.29 is 14.3 Å². The van der Waals surface area contributed by atoms with Crippen LogP contribution in [0, 0.1) is 5.41 Å². The van der Waals surface area contributed by atoms with Crippen molar-refractivity contribution in [3.63, 3.8) is 0 Å². The molecule has 1 aliphatic rings. The van der Waals surface area contributed by atoms with E-state index in [-0.39, 0.29) is 23.5 Å². The second-order valence-electron chi connectivity index (χ2n) is 5.96. The van der Waals surface area contributed by atoms with Crippen LogP contribution in [0.5, 0.6) is 5.75 Å². The summed E-state index contributed by atoms with van der Waals surface area (Å²) >= 11 is 0. The van der Waals surface area contributed by atoms with Gasteiger partial charge in [0.25, 0.3) is 5.91 Å². The van der Waals surface area contributed by atoms with Crippen molar-refractivity contribution in [1.82, 2.24) is 5.32 Å². The fraction of sp³-hybridized carbons (Fsp3) is 0.562. The summed E-state index contributed by atoms with van der Waals surface area (Å²) in [6.45, 7) is 6.53. The Balaban J connectivity index is 2.13. The minimum atomic E-state index is -0.154. The van der Waals surface area contributed by atoms with Gasteiger partial charge in [-0.3, -0.25) is 4.79 Å². The summed E-state index contributed by atoms with van der Waals surface area (Å²) < 4.78 is 10.9. The summed E-state index contributed by atoms with van der Waals surface area (Å²) in [5.41, 5.74) is 6.78. The molecule has 1 aromatic rings. The highest BCUT2D eigenvalue weighted by Gasteiger charge is 2.49. The van der Waals surface area contributed by atoms with Crippen LogP contribution >= 0.6 is 0 Å². The molecular weight excluding hydrogens is 268 g/mol. The summed E-state index contributed by atoms with van der Waals surface area (Å²) in [6, 6.07) is 5.31. The van der Waals surface area contributed by atoms with Gasteiger partial charge in [0.15, 0.2) is 5.75 Å². The second-order valence-corrected chi connectivity index (χ2v) is 5.96. The highest BCUT2D eigenvalue weighted by Crippen LogP contribution is 2.42. The van der Waals surface area contributed by atoms with Crippen LogP contribution < -0.4 is 15.8 Å². The monoisotopic (exact) mass is 292 g/mol. The molecular formula is C16H24N2O3. The largest absolute Gasteiger partial charge is 0.491 e. The molecule has 1 aliphatic carbocycles. The van der Waals surface area contributed by atoms with E-state index in [1.807, 2.05) is 6.92 Å². The lowest BCUT2D eigenvalue weighted by Crippen LogP contribution is -2.61. The quantitative estimate of drug-likeness (QED) is 0.816. The third-order valence-corrected chi connectivity index (χ3v) is 4.35. The topological polar surface area (TPSA) is 73.6 Å². The SMILES string of the molecule is CCOc1c(N)cccc1C(=O)NC1CC(OC)C1(C)C. The summed E-state index contributed by atoms with van der Waals surface area (Å²) in [5, 5.41) is 3.06. The number of methoxy groups -OCH3 is 1. The number of rotatable bonds is 5. The van der Waals surface area contributed by atoms with Gasteiger partial charge in [-0.05, 0) is 25.5 Å². The van der Waals surface area contributed by atoms with Gasteiger partial charge in [0.1, 0.15) is 0 Å². The molecule has 0 radical (unpaired) electrons. The van der Waals surface area contributed by atoms with E-state index in [0.29, 0.717) is 23.6 Å². The van der Waals surface area contributed by atoms with Crippen molar-refractivity contribution in [3.05, 3.63) is 23.8 Å². The number of carbonyl (C=O) groups is 1. The van der Waals surface area contributed by atoms with E-state index < -0.39 is 0 Å². The minimum absolute atomic E-state index is 0.0729. The molecule has 2 rings (SSSR count). The van der Waals surface area contributed by atoms with Gasteiger partial charge in [-0.15, -0.1) is 0 Å². The summed E-state index contributed by atoms with van der Waals surface area (Å²) in [7, 11) is 1.70. The molecule has 2 atom stereocenters. The van der Waals surface area contributed by atoms with E-state index in [9.17, 15) is 4.79 Å². The number of nitrogens with one attached hydrogen (secondary N) is 1. The van der Waals surface area contributed by atoms with Gasteiger partial charge in [0, 0.05) is 18.6 Å². The summed E-state index contributed by atoms with van der Waals surface area (Å²) in [6.07, 6.45) is 0.997. The maximum Gasteiger partial charge on any atom is 0.255 e. The molecule has 1 aromatic carbocycles. The predicted octanol–water partition coefficient (Wildman–Crippen LogP) is 2.21. The normalized spacial score (nSPS) is 23.2. The predicted molar refractivity (Wildman–Crippen MR) is 82.5 cm³/mol. The summed E-state index contributed by atoms with van der Waals surface area (Å²) in [4.78, 5) is 12.5. The van der Waals surface area contributed by atoms with E-state index in [4.69, 9.17) is 15.2 Å². The van der Waals surface area contributed by atoms with E-state index in [0.717, 1.165) is 6.42 Å². The highest BCUT2D eigenvalue weighted by molar-refractivity contribution is 5.98. The van der Waals surface area contributed by atoms with Gasteiger partial charge in [0.2, 0.25) is 0 Å². The maximum atomic E-state index is 12.5. The molecule has 0 heterocycles. The van der Waals surface area contributed by atoms with E-state index >= 15 is 0 Å². The van der Waals surface area contributed by atoms with Crippen molar-refractivity contribution in [2.45, 2.75) is 39.3 Å². The second kappa shape index (κ2) is 5.93. The van der Waals surface area contributed by atoms with Crippen molar-refractivity contribution in [2.75, 3.05) is 19.5 Å². The Labute approximate surface area is 125 Å². The number of benzene rings is 1. The number of para-hydroxylation sites is 1. The van der Waals surface area contributed by atoms with Gasteiger partial charge in [0.05, 0.1) is 24.0 Å². The van der Waals surface area contributed by atoms with E-state index in [1.165, 1.54) is 0 Å². The highest BCUT2D eigenvalue weighted by atomic mass is 16.5. The van der Waals surface area contributed by atoms with Crippen LogP contribution in [0.4, 0.5) is 5.69 Å². The number of ether oxygens (including phenoxy) is 2. The van der Waals surface area contributed by atoms with Crippen LogP contribution in [-0.2, 0) is 4.74 Å². The first-order chi connectivity index (χ1) is 9.91. The third kappa shape index (κ3) is 2.83. The molecule has 116 valence electrons. The van der Waals surface area contributed by atoms with Crippen LogP contribution in [0.1, 0.15) is 37.6 Å². The number of nitrogen functional groups attached to an aromatic ring is 1. The number of nitrogens with two attached hydrogens (primary N) is 1. The Kier molecular flexibility index (Phi) is 4.42. The first-order valence-corrected chi connectivity index (χ1v) is 7.26. The van der Waals surface area contributed by atoms with Gasteiger partial charge in [-0.25, -0.2) is 0 Å². The van der Waals surface area contributed by atoms with Crippen molar-refractivity contribution in [1.29, 1.82) is 0 Å². The Morgan fingerprint density at radius 1 is 1.48 bits per heavy atom. The van der Waals surface area contributed by atoms with Crippen molar-refractivity contribution in [2.24, 2.45) is 5.41 Å². The van der Waals surface area contributed by atoms with E-state index in [1.54, 1.807) is 25.3 Å². The van der Waals surface area contributed by atoms with Crippen molar-refractivity contribution in [3.8, 4) is 5.75 Å². The number of anilines is 1. The first kappa shape index (κ1) is 15.6. The van der Waals surface area contributed by atoms with Gasteiger partial charge in [-0.2, -0.15) is 0 Å². The van der Waals surface area contributed by atoms with Crippen molar-refractivity contribution >= 4 is 11.6 Å². The zero-order chi connectivity index (χ0) is 15.6. The average Bonchev–Trinajstić information content (AvgIpc) is 2.45. The molecule has 21 heavy (non-hydrogen) atoms. The molecule has 0 bridgehead atoms. The first-order valence-electron chi connectivity index (χ1n) is 7.26.